The molecule has 2 aromatic carbocycles. The molecule has 1 saturated carbocycles. The second kappa shape index (κ2) is 9.40. The molecule has 0 saturated heterocycles. The maximum absolute atomic E-state index is 12.2. The van der Waals surface area contributed by atoms with Gasteiger partial charge in [-0.15, -0.1) is 0 Å². The average Bonchev–Trinajstić information content (AvgIpc) is 3.48. The number of rotatable bonds is 9. The molecular formula is C23H28N2O3. The second-order valence-corrected chi connectivity index (χ2v) is 7.45. The Morgan fingerprint density at radius 1 is 1.07 bits per heavy atom. The molecule has 28 heavy (non-hydrogen) atoms. The lowest BCUT2D eigenvalue weighted by Crippen LogP contribution is -2.25. The number of carbonyl (C=O) groups excluding carboxylic acids is 2. The standard InChI is InChI=1S/C23H28N2O3/c1-16-9-10-17(2)21(14-16)28-13-4-3-8-22(26)24-20-7-5-6-18(15-20)23(27)25-19-11-12-19/h5-7,9-10,14-15,19H,3-4,8,11-13H2,1-2H3,(H,24,26)(H,25,27). The number of aryl methyl sites for hydroxylation is 2. The van der Waals surface area contributed by atoms with Crippen molar-refractivity contribution in [1.82, 2.24) is 5.32 Å². The number of carbonyl (C=O) groups is 2. The molecule has 1 aliphatic rings. The van der Waals surface area contributed by atoms with Crippen molar-refractivity contribution < 1.29 is 14.3 Å². The Hall–Kier alpha value is -2.82. The minimum Gasteiger partial charge on any atom is -0.493 e. The van der Waals surface area contributed by atoms with Crippen LogP contribution >= 0.6 is 0 Å². The molecule has 2 N–H and O–H groups in total. The summed E-state index contributed by atoms with van der Waals surface area (Å²) in [5.41, 5.74) is 3.52. The Kier molecular flexibility index (Phi) is 6.69. The summed E-state index contributed by atoms with van der Waals surface area (Å²) in [6.45, 7) is 4.66. The molecule has 0 radical (unpaired) electrons. The van der Waals surface area contributed by atoms with Gasteiger partial charge >= 0.3 is 0 Å². The Bertz CT molecular complexity index is 843. The smallest absolute Gasteiger partial charge is 0.251 e. The van der Waals surface area contributed by atoms with E-state index in [4.69, 9.17) is 4.74 Å². The molecule has 5 heteroatoms. The van der Waals surface area contributed by atoms with Gasteiger partial charge in [0.2, 0.25) is 5.91 Å². The fourth-order valence-electron chi connectivity index (χ4n) is 2.89. The zero-order valence-corrected chi connectivity index (χ0v) is 16.6. The lowest BCUT2D eigenvalue weighted by molar-refractivity contribution is -0.116. The minimum atomic E-state index is -0.0813. The summed E-state index contributed by atoms with van der Waals surface area (Å²) in [5, 5.41) is 5.83. The SMILES string of the molecule is Cc1ccc(C)c(OCCCCC(=O)Nc2cccc(C(=O)NC3CC3)c2)c1. The van der Waals surface area contributed by atoms with E-state index in [0.717, 1.165) is 37.0 Å². The highest BCUT2D eigenvalue weighted by Crippen LogP contribution is 2.21. The van der Waals surface area contributed by atoms with Crippen LogP contribution in [0.3, 0.4) is 0 Å². The van der Waals surface area contributed by atoms with Gasteiger partial charge in [-0.2, -0.15) is 0 Å². The van der Waals surface area contributed by atoms with Gasteiger partial charge in [-0.05, 0) is 74.9 Å². The minimum absolute atomic E-state index is 0.0495. The van der Waals surface area contributed by atoms with Crippen molar-refractivity contribution in [2.75, 3.05) is 11.9 Å². The first kappa shape index (κ1) is 19.9. The summed E-state index contributed by atoms with van der Waals surface area (Å²) in [7, 11) is 0. The van der Waals surface area contributed by atoms with E-state index in [1.54, 1.807) is 24.3 Å². The molecule has 1 aliphatic carbocycles. The van der Waals surface area contributed by atoms with Crippen LogP contribution in [0.5, 0.6) is 5.75 Å². The van der Waals surface area contributed by atoms with E-state index in [1.165, 1.54) is 5.56 Å². The molecule has 148 valence electrons. The number of unbranched alkanes of at least 4 members (excludes halogenated alkanes) is 1. The number of benzene rings is 2. The normalized spacial score (nSPS) is 13.1. The third-order valence-corrected chi connectivity index (χ3v) is 4.72. The van der Waals surface area contributed by atoms with Crippen LogP contribution in [0.15, 0.2) is 42.5 Å². The zero-order chi connectivity index (χ0) is 19.9. The number of ether oxygens (including phenoxy) is 1. The van der Waals surface area contributed by atoms with Gasteiger partial charge < -0.3 is 15.4 Å². The maximum Gasteiger partial charge on any atom is 0.251 e. The van der Waals surface area contributed by atoms with Crippen molar-refractivity contribution >= 4 is 17.5 Å². The van der Waals surface area contributed by atoms with Crippen molar-refractivity contribution in [3.8, 4) is 5.75 Å². The monoisotopic (exact) mass is 380 g/mol. The van der Waals surface area contributed by atoms with Gasteiger partial charge in [0, 0.05) is 23.7 Å². The average molecular weight is 380 g/mol. The highest BCUT2D eigenvalue weighted by Gasteiger charge is 2.23. The van der Waals surface area contributed by atoms with Gasteiger partial charge in [-0.3, -0.25) is 9.59 Å². The summed E-state index contributed by atoms with van der Waals surface area (Å²) in [5.74, 6) is 0.777. The predicted octanol–water partition coefficient (Wildman–Crippen LogP) is 4.38. The maximum atomic E-state index is 12.2. The number of hydrogen-bond acceptors (Lipinski definition) is 3. The summed E-state index contributed by atoms with van der Waals surface area (Å²) in [6, 6.07) is 13.5. The Labute approximate surface area is 166 Å². The highest BCUT2D eigenvalue weighted by atomic mass is 16.5. The second-order valence-electron chi connectivity index (χ2n) is 7.45. The first-order chi connectivity index (χ1) is 13.5. The molecule has 3 rings (SSSR count). The lowest BCUT2D eigenvalue weighted by atomic mass is 10.1. The van der Waals surface area contributed by atoms with Crippen LogP contribution in [-0.2, 0) is 4.79 Å². The highest BCUT2D eigenvalue weighted by molar-refractivity contribution is 5.97. The third-order valence-electron chi connectivity index (χ3n) is 4.72. The summed E-state index contributed by atoms with van der Waals surface area (Å²) < 4.78 is 5.82. The van der Waals surface area contributed by atoms with Gasteiger partial charge in [-0.25, -0.2) is 0 Å². The lowest BCUT2D eigenvalue weighted by Gasteiger charge is -2.10. The van der Waals surface area contributed by atoms with Crippen molar-refractivity contribution in [3.05, 3.63) is 59.2 Å². The van der Waals surface area contributed by atoms with Crippen LogP contribution in [0, 0.1) is 13.8 Å². The van der Waals surface area contributed by atoms with Gasteiger partial charge in [-0.1, -0.05) is 18.2 Å². The van der Waals surface area contributed by atoms with Crippen molar-refractivity contribution in [1.29, 1.82) is 0 Å². The Morgan fingerprint density at radius 2 is 1.89 bits per heavy atom. The largest absolute Gasteiger partial charge is 0.493 e. The molecule has 0 heterocycles. The number of amides is 2. The summed E-state index contributed by atoms with van der Waals surface area (Å²) >= 11 is 0. The zero-order valence-electron chi connectivity index (χ0n) is 16.6. The van der Waals surface area contributed by atoms with E-state index < -0.39 is 0 Å². The molecule has 0 atom stereocenters. The summed E-state index contributed by atoms with van der Waals surface area (Å²) in [4.78, 5) is 24.3. The number of hydrogen-bond donors (Lipinski definition) is 2. The fraction of sp³-hybridized carbons (Fsp3) is 0.391. The molecule has 0 unspecified atom stereocenters. The van der Waals surface area contributed by atoms with Crippen LogP contribution in [0.2, 0.25) is 0 Å². The number of anilines is 1. The molecule has 0 aromatic heterocycles. The van der Waals surface area contributed by atoms with Crippen LogP contribution in [0.4, 0.5) is 5.69 Å². The molecule has 0 aliphatic heterocycles. The van der Waals surface area contributed by atoms with Crippen molar-refractivity contribution in [2.24, 2.45) is 0 Å². The first-order valence-corrected chi connectivity index (χ1v) is 9.92. The molecule has 0 bridgehead atoms. The van der Waals surface area contributed by atoms with Crippen molar-refractivity contribution in [3.63, 3.8) is 0 Å². The van der Waals surface area contributed by atoms with Gasteiger partial charge in [0.25, 0.3) is 5.91 Å². The summed E-state index contributed by atoms with van der Waals surface area (Å²) in [6.07, 6.45) is 4.09. The topological polar surface area (TPSA) is 67.4 Å². The van der Waals surface area contributed by atoms with E-state index in [-0.39, 0.29) is 11.8 Å². The van der Waals surface area contributed by atoms with E-state index >= 15 is 0 Å². The van der Waals surface area contributed by atoms with E-state index in [1.807, 2.05) is 19.9 Å². The van der Waals surface area contributed by atoms with Crippen molar-refractivity contribution in [2.45, 2.75) is 52.0 Å². The van der Waals surface area contributed by atoms with Gasteiger partial charge in [0.05, 0.1) is 6.61 Å². The predicted molar refractivity (Wildman–Crippen MR) is 111 cm³/mol. The van der Waals surface area contributed by atoms with Gasteiger partial charge in [0.1, 0.15) is 5.75 Å². The molecule has 1 fully saturated rings. The van der Waals surface area contributed by atoms with Crippen LogP contribution < -0.4 is 15.4 Å². The van der Waals surface area contributed by atoms with Crippen LogP contribution in [0.25, 0.3) is 0 Å². The van der Waals surface area contributed by atoms with Crippen LogP contribution in [-0.4, -0.2) is 24.5 Å². The molecular weight excluding hydrogens is 352 g/mol. The fourth-order valence-corrected chi connectivity index (χ4v) is 2.89. The van der Waals surface area contributed by atoms with Crippen LogP contribution in [0.1, 0.15) is 53.6 Å². The molecule has 5 nitrogen and oxygen atoms in total. The van der Waals surface area contributed by atoms with E-state index in [9.17, 15) is 9.59 Å². The third kappa shape index (κ3) is 6.12. The Balaban J connectivity index is 1.38. The molecule has 0 spiro atoms. The first-order valence-electron chi connectivity index (χ1n) is 9.92. The molecule has 2 amide bonds. The van der Waals surface area contributed by atoms with E-state index in [0.29, 0.717) is 30.3 Å². The van der Waals surface area contributed by atoms with E-state index in [2.05, 4.69) is 22.8 Å². The quantitative estimate of drug-likeness (QED) is 0.634. The Morgan fingerprint density at radius 3 is 2.68 bits per heavy atom. The number of nitrogens with one attached hydrogen (secondary N) is 2. The van der Waals surface area contributed by atoms with Gasteiger partial charge in [0.15, 0.2) is 0 Å². The molecule has 2 aromatic rings.